The SMILES string of the molecule is CCOC(=O)CCc1csc(NCC2CCC(C)CC2)n1. The van der Waals surface area contributed by atoms with Crippen molar-refractivity contribution < 1.29 is 9.53 Å². The van der Waals surface area contributed by atoms with E-state index in [1.807, 2.05) is 12.3 Å². The van der Waals surface area contributed by atoms with Crippen LogP contribution in [0.1, 0.15) is 51.6 Å². The molecule has 1 heterocycles. The lowest BCUT2D eigenvalue weighted by Gasteiger charge is -2.26. The first-order valence-corrected chi connectivity index (χ1v) is 8.89. The van der Waals surface area contributed by atoms with Crippen LogP contribution in [0, 0.1) is 11.8 Å². The highest BCUT2D eigenvalue weighted by atomic mass is 32.1. The normalized spacial score (nSPS) is 22.0. The number of aryl methyl sites for hydroxylation is 1. The standard InChI is InChI=1S/C16H26N2O2S/c1-3-20-15(19)9-8-14-11-21-16(18-14)17-10-13-6-4-12(2)5-7-13/h11-13H,3-10H2,1-2H3,(H,17,18). The van der Waals surface area contributed by atoms with E-state index in [0.717, 1.165) is 29.2 Å². The maximum atomic E-state index is 11.3. The molecular weight excluding hydrogens is 284 g/mol. The summed E-state index contributed by atoms with van der Waals surface area (Å²) in [7, 11) is 0. The van der Waals surface area contributed by atoms with Crippen LogP contribution in [0.15, 0.2) is 5.38 Å². The third kappa shape index (κ3) is 5.65. The fourth-order valence-electron chi connectivity index (χ4n) is 2.73. The number of carbonyl (C=O) groups excluding carboxylic acids is 1. The summed E-state index contributed by atoms with van der Waals surface area (Å²) in [5, 5.41) is 6.47. The zero-order chi connectivity index (χ0) is 15.1. The quantitative estimate of drug-likeness (QED) is 0.777. The van der Waals surface area contributed by atoms with Crippen LogP contribution in [-0.2, 0) is 16.0 Å². The van der Waals surface area contributed by atoms with Gasteiger partial charge in [-0.25, -0.2) is 4.98 Å². The molecule has 2 rings (SSSR count). The van der Waals surface area contributed by atoms with Crippen LogP contribution in [0.25, 0.3) is 0 Å². The van der Waals surface area contributed by atoms with Crippen molar-refractivity contribution in [2.24, 2.45) is 11.8 Å². The van der Waals surface area contributed by atoms with Crippen molar-refractivity contribution >= 4 is 22.4 Å². The van der Waals surface area contributed by atoms with Gasteiger partial charge in [0.1, 0.15) is 0 Å². The van der Waals surface area contributed by atoms with Crippen LogP contribution < -0.4 is 5.32 Å². The van der Waals surface area contributed by atoms with Gasteiger partial charge >= 0.3 is 5.97 Å². The molecule has 1 aromatic heterocycles. The van der Waals surface area contributed by atoms with Crippen molar-refractivity contribution in [1.82, 2.24) is 4.98 Å². The Kier molecular flexibility index (Phi) is 6.49. The maximum Gasteiger partial charge on any atom is 0.306 e. The molecule has 0 amide bonds. The minimum atomic E-state index is -0.142. The molecule has 1 aromatic rings. The van der Waals surface area contributed by atoms with E-state index in [9.17, 15) is 4.79 Å². The van der Waals surface area contributed by atoms with Gasteiger partial charge in [-0.2, -0.15) is 0 Å². The molecule has 0 aromatic carbocycles. The number of nitrogens with zero attached hydrogens (tertiary/aromatic N) is 1. The number of carbonyl (C=O) groups is 1. The lowest BCUT2D eigenvalue weighted by molar-refractivity contribution is -0.143. The smallest absolute Gasteiger partial charge is 0.306 e. The fourth-order valence-corrected chi connectivity index (χ4v) is 3.49. The van der Waals surface area contributed by atoms with Crippen LogP contribution in [0.4, 0.5) is 5.13 Å². The van der Waals surface area contributed by atoms with Gasteiger partial charge in [0.25, 0.3) is 0 Å². The average molecular weight is 310 g/mol. The third-order valence-corrected chi connectivity index (χ3v) is 4.97. The number of aromatic nitrogens is 1. The molecule has 1 N–H and O–H groups in total. The molecule has 5 heteroatoms. The number of hydrogen-bond acceptors (Lipinski definition) is 5. The molecule has 0 radical (unpaired) electrons. The lowest BCUT2D eigenvalue weighted by Crippen LogP contribution is -2.20. The highest BCUT2D eigenvalue weighted by molar-refractivity contribution is 7.13. The van der Waals surface area contributed by atoms with E-state index in [1.165, 1.54) is 25.7 Å². The number of thiazole rings is 1. The Balaban J connectivity index is 1.69. The van der Waals surface area contributed by atoms with E-state index >= 15 is 0 Å². The Morgan fingerprint density at radius 3 is 2.90 bits per heavy atom. The first kappa shape index (κ1) is 16.3. The molecule has 0 saturated heterocycles. The molecule has 4 nitrogen and oxygen atoms in total. The molecule has 0 aliphatic heterocycles. The highest BCUT2D eigenvalue weighted by Crippen LogP contribution is 2.28. The van der Waals surface area contributed by atoms with Gasteiger partial charge in [0.05, 0.1) is 18.7 Å². The summed E-state index contributed by atoms with van der Waals surface area (Å²) in [5.41, 5.74) is 0.979. The van der Waals surface area contributed by atoms with Crippen molar-refractivity contribution in [2.45, 2.75) is 52.4 Å². The van der Waals surface area contributed by atoms with E-state index in [2.05, 4.69) is 17.2 Å². The van der Waals surface area contributed by atoms with Crippen LogP contribution in [0.3, 0.4) is 0 Å². The van der Waals surface area contributed by atoms with Gasteiger partial charge in [0, 0.05) is 18.3 Å². The number of esters is 1. The second-order valence-corrected chi connectivity index (χ2v) is 6.81. The Morgan fingerprint density at radius 1 is 1.43 bits per heavy atom. The number of anilines is 1. The summed E-state index contributed by atoms with van der Waals surface area (Å²) in [5.74, 6) is 1.54. The van der Waals surface area contributed by atoms with Crippen molar-refractivity contribution in [3.8, 4) is 0 Å². The molecular formula is C16H26N2O2S. The number of ether oxygens (including phenoxy) is 1. The van der Waals surface area contributed by atoms with Gasteiger partial charge in [0.2, 0.25) is 0 Å². The minimum absolute atomic E-state index is 0.142. The lowest BCUT2D eigenvalue weighted by atomic mass is 9.83. The number of rotatable bonds is 7. The molecule has 1 aliphatic rings. The Labute approximate surface area is 131 Å². The zero-order valence-electron chi connectivity index (χ0n) is 13.1. The summed E-state index contributed by atoms with van der Waals surface area (Å²) in [4.78, 5) is 15.9. The van der Waals surface area contributed by atoms with E-state index in [-0.39, 0.29) is 5.97 Å². The number of nitrogens with one attached hydrogen (secondary N) is 1. The average Bonchev–Trinajstić information content (AvgIpc) is 2.93. The number of hydrogen-bond donors (Lipinski definition) is 1. The van der Waals surface area contributed by atoms with Crippen molar-refractivity contribution in [3.63, 3.8) is 0 Å². The summed E-state index contributed by atoms with van der Waals surface area (Å²) in [6.07, 6.45) is 6.45. The van der Waals surface area contributed by atoms with Crippen LogP contribution >= 0.6 is 11.3 Å². The molecule has 0 bridgehead atoms. The van der Waals surface area contributed by atoms with Crippen molar-refractivity contribution in [1.29, 1.82) is 0 Å². The van der Waals surface area contributed by atoms with Crippen LogP contribution in [-0.4, -0.2) is 24.1 Å². The highest BCUT2D eigenvalue weighted by Gasteiger charge is 2.18. The van der Waals surface area contributed by atoms with Crippen LogP contribution in [0.5, 0.6) is 0 Å². The zero-order valence-corrected chi connectivity index (χ0v) is 13.9. The Bertz CT molecular complexity index is 439. The van der Waals surface area contributed by atoms with Crippen molar-refractivity contribution in [2.75, 3.05) is 18.5 Å². The predicted octanol–water partition coefficient (Wildman–Crippen LogP) is 3.88. The molecule has 1 saturated carbocycles. The van der Waals surface area contributed by atoms with E-state index in [0.29, 0.717) is 19.4 Å². The monoisotopic (exact) mass is 310 g/mol. The Morgan fingerprint density at radius 2 is 2.19 bits per heavy atom. The van der Waals surface area contributed by atoms with Gasteiger partial charge in [-0.05, 0) is 31.6 Å². The third-order valence-electron chi connectivity index (χ3n) is 4.12. The second kappa shape index (κ2) is 8.37. The summed E-state index contributed by atoms with van der Waals surface area (Å²) in [6, 6.07) is 0. The van der Waals surface area contributed by atoms with E-state index in [1.54, 1.807) is 11.3 Å². The largest absolute Gasteiger partial charge is 0.466 e. The summed E-state index contributed by atoms with van der Waals surface area (Å²) >= 11 is 1.63. The molecule has 0 unspecified atom stereocenters. The first-order chi connectivity index (χ1) is 10.2. The molecule has 21 heavy (non-hydrogen) atoms. The topological polar surface area (TPSA) is 51.2 Å². The van der Waals surface area contributed by atoms with E-state index in [4.69, 9.17) is 4.74 Å². The molecule has 1 fully saturated rings. The maximum absolute atomic E-state index is 11.3. The minimum Gasteiger partial charge on any atom is -0.466 e. The molecule has 0 atom stereocenters. The fraction of sp³-hybridized carbons (Fsp3) is 0.750. The van der Waals surface area contributed by atoms with Gasteiger partial charge in [-0.3, -0.25) is 4.79 Å². The van der Waals surface area contributed by atoms with E-state index < -0.39 is 0 Å². The summed E-state index contributed by atoms with van der Waals surface area (Å²) in [6.45, 7) is 5.65. The Hall–Kier alpha value is -1.10. The van der Waals surface area contributed by atoms with Crippen molar-refractivity contribution in [3.05, 3.63) is 11.1 Å². The summed E-state index contributed by atoms with van der Waals surface area (Å²) < 4.78 is 4.93. The van der Waals surface area contributed by atoms with Crippen LogP contribution in [0.2, 0.25) is 0 Å². The van der Waals surface area contributed by atoms with Gasteiger partial charge in [-0.1, -0.05) is 19.8 Å². The predicted molar refractivity (Wildman–Crippen MR) is 86.7 cm³/mol. The van der Waals surface area contributed by atoms with Gasteiger partial charge in [0.15, 0.2) is 5.13 Å². The first-order valence-electron chi connectivity index (χ1n) is 8.01. The second-order valence-electron chi connectivity index (χ2n) is 5.96. The van der Waals surface area contributed by atoms with Gasteiger partial charge in [-0.15, -0.1) is 11.3 Å². The molecule has 118 valence electrons. The molecule has 1 aliphatic carbocycles. The molecule has 0 spiro atoms. The van der Waals surface area contributed by atoms with Gasteiger partial charge < -0.3 is 10.1 Å².